The molecule has 1 unspecified atom stereocenters. The minimum absolute atomic E-state index is 0.619. The molecule has 0 radical (unpaired) electrons. The predicted octanol–water partition coefficient (Wildman–Crippen LogP) is 4.60. The smallest absolute Gasteiger partial charge is 0.0207 e. The van der Waals surface area contributed by atoms with Crippen LogP contribution < -0.4 is 5.32 Å². The molecule has 0 bridgehead atoms. The summed E-state index contributed by atoms with van der Waals surface area (Å²) in [6, 6.07) is 9.36. The van der Waals surface area contributed by atoms with E-state index in [4.69, 9.17) is 0 Å². The highest BCUT2D eigenvalue weighted by Gasteiger charge is 2.02. The Balaban J connectivity index is 2.19. The number of benzene rings is 1. The zero-order valence-electron chi connectivity index (χ0n) is 11.2. The van der Waals surface area contributed by atoms with Crippen LogP contribution >= 0.6 is 22.6 Å². The van der Waals surface area contributed by atoms with Gasteiger partial charge in [0.05, 0.1) is 0 Å². The Bertz CT molecular complexity index is 305. The molecule has 0 saturated carbocycles. The van der Waals surface area contributed by atoms with E-state index in [2.05, 4.69) is 72.9 Å². The molecule has 1 N–H and O–H groups in total. The molecule has 1 aromatic carbocycles. The van der Waals surface area contributed by atoms with Gasteiger partial charge in [0, 0.05) is 16.2 Å². The van der Waals surface area contributed by atoms with Crippen LogP contribution in [0.15, 0.2) is 24.3 Å². The van der Waals surface area contributed by atoms with Crippen LogP contribution in [0.1, 0.15) is 45.6 Å². The maximum Gasteiger partial charge on any atom is 0.0207 e. The monoisotopic (exact) mass is 345 g/mol. The summed E-state index contributed by atoms with van der Waals surface area (Å²) in [7, 11) is 0. The van der Waals surface area contributed by atoms with E-state index in [0.717, 1.165) is 12.5 Å². The maximum absolute atomic E-state index is 3.59. The number of nitrogens with one attached hydrogen (secondary N) is 1. The first-order valence-corrected chi connectivity index (χ1v) is 7.63. The third-order valence-corrected chi connectivity index (χ3v) is 3.71. The van der Waals surface area contributed by atoms with Crippen LogP contribution in [0.25, 0.3) is 0 Å². The van der Waals surface area contributed by atoms with Crippen LogP contribution in [0.2, 0.25) is 0 Å². The molecule has 0 fully saturated rings. The Morgan fingerprint density at radius 3 is 2.29 bits per heavy atom. The van der Waals surface area contributed by atoms with Gasteiger partial charge in [0.1, 0.15) is 0 Å². The molecular weight excluding hydrogens is 321 g/mol. The van der Waals surface area contributed by atoms with Crippen molar-refractivity contribution < 1.29 is 0 Å². The van der Waals surface area contributed by atoms with Gasteiger partial charge in [-0.3, -0.25) is 0 Å². The molecule has 0 saturated heterocycles. The Morgan fingerprint density at radius 1 is 1.06 bits per heavy atom. The second-order valence-corrected chi connectivity index (χ2v) is 6.48. The van der Waals surface area contributed by atoms with Crippen LogP contribution in [0, 0.1) is 9.49 Å². The van der Waals surface area contributed by atoms with E-state index in [0.29, 0.717) is 6.04 Å². The third-order valence-electron chi connectivity index (χ3n) is 2.99. The molecule has 1 atom stereocenters. The summed E-state index contributed by atoms with van der Waals surface area (Å²) >= 11 is 2.34. The minimum Gasteiger partial charge on any atom is -0.310 e. The topological polar surface area (TPSA) is 12.0 Å². The second-order valence-electron chi connectivity index (χ2n) is 5.23. The Morgan fingerprint density at radius 2 is 1.71 bits per heavy atom. The summed E-state index contributed by atoms with van der Waals surface area (Å²) in [6.07, 6.45) is 3.95. The number of hydrogen-bond donors (Lipinski definition) is 1. The molecule has 0 aliphatic heterocycles. The van der Waals surface area contributed by atoms with Crippen molar-refractivity contribution in [1.82, 2.24) is 5.32 Å². The summed E-state index contributed by atoms with van der Waals surface area (Å²) in [4.78, 5) is 0. The summed E-state index contributed by atoms with van der Waals surface area (Å²) in [6.45, 7) is 7.86. The molecule has 17 heavy (non-hydrogen) atoms. The summed E-state index contributed by atoms with van der Waals surface area (Å²) in [5.41, 5.74) is 1.38. The van der Waals surface area contributed by atoms with Crippen molar-refractivity contribution in [3.63, 3.8) is 0 Å². The Hall–Kier alpha value is -0.0900. The van der Waals surface area contributed by atoms with Crippen LogP contribution in [-0.2, 0) is 6.54 Å². The first kappa shape index (κ1) is 15.0. The first-order chi connectivity index (χ1) is 8.08. The quantitative estimate of drug-likeness (QED) is 0.713. The largest absolute Gasteiger partial charge is 0.310 e. The van der Waals surface area contributed by atoms with Gasteiger partial charge >= 0.3 is 0 Å². The lowest BCUT2D eigenvalue weighted by molar-refractivity contribution is 0.457. The average Bonchev–Trinajstić information content (AvgIpc) is 2.28. The van der Waals surface area contributed by atoms with Crippen LogP contribution in [0.5, 0.6) is 0 Å². The minimum atomic E-state index is 0.619. The lowest BCUT2D eigenvalue weighted by Crippen LogP contribution is -2.25. The van der Waals surface area contributed by atoms with E-state index in [1.165, 1.54) is 28.4 Å². The lowest BCUT2D eigenvalue weighted by atomic mass is 10.0. The van der Waals surface area contributed by atoms with E-state index in [1.54, 1.807) is 0 Å². The van der Waals surface area contributed by atoms with Crippen molar-refractivity contribution in [2.75, 3.05) is 0 Å². The number of hydrogen-bond acceptors (Lipinski definition) is 1. The van der Waals surface area contributed by atoms with Gasteiger partial charge in [0.2, 0.25) is 0 Å². The standard InChI is InChI=1S/C15H24IN/c1-12(2)5-4-6-13(3)17-11-14-7-9-15(16)10-8-14/h7-10,12-13,17H,4-6,11H2,1-3H3. The SMILES string of the molecule is CC(C)CCCC(C)NCc1ccc(I)cc1. The van der Waals surface area contributed by atoms with Gasteiger partial charge in [0.15, 0.2) is 0 Å². The van der Waals surface area contributed by atoms with Crippen molar-refractivity contribution in [2.45, 2.75) is 52.6 Å². The van der Waals surface area contributed by atoms with Crippen molar-refractivity contribution in [3.05, 3.63) is 33.4 Å². The van der Waals surface area contributed by atoms with Gasteiger partial charge in [0.25, 0.3) is 0 Å². The van der Waals surface area contributed by atoms with Crippen molar-refractivity contribution in [2.24, 2.45) is 5.92 Å². The molecular formula is C15H24IN. The molecule has 0 amide bonds. The predicted molar refractivity (Wildman–Crippen MR) is 84.1 cm³/mol. The highest BCUT2D eigenvalue weighted by molar-refractivity contribution is 14.1. The van der Waals surface area contributed by atoms with Gasteiger partial charge in [-0.05, 0) is 59.5 Å². The summed E-state index contributed by atoms with van der Waals surface area (Å²) < 4.78 is 1.30. The Labute approximate surface area is 120 Å². The zero-order chi connectivity index (χ0) is 12.7. The number of rotatable bonds is 7. The fourth-order valence-corrected chi connectivity index (χ4v) is 2.19. The fourth-order valence-electron chi connectivity index (χ4n) is 1.83. The summed E-state index contributed by atoms with van der Waals surface area (Å²) in [5.74, 6) is 0.832. The molecule has 0 spiro atoms. The van der Waals surface area contributed by atoms with Gasteiger partial charge in [-0.15, -0.1) is 0 Å². The molecule has 96 valence electrons. The van der Waals surface area contributed by atoms with Crippen LogP contribution in [0.3, 0.4) is 0 Å². The van der Waals surface area contributed by atoms with E-state index in [1.807, 2.05) is 0 Å². The molecule has 0 aromatic heterocycles. The second kappa shape index (κ2) is 8.09. The van der Waals surface area contributed by atoms with Crippen molar-refractivity contribution in [3.8, 4) is 0 Å². The van der Waals surface area contributed by atoms with Crippen LogP contribution in [0.4, 0.5) is 0 Å². The van der Waals surface area contributed by atoms with Gasteiger partial charge in [-0.2, -0.15) is 0 Å². The average molecular weight is 345 g/mol. The molecule has 1 aromatic rings. The van der Waals surface area contributed by atoms with Gasteiger partial charge in [-0.1, -0.05) is 38.8 Å². The van der Waals surface area contributed by atoms with Crippen molar-refractivity contribution >= 4 is 22.6 Å². The molecule has 2 heteroatoms. The van der Waals surface area contributed by atoms with Gasteiger partial charge in [-0.25, -0.2) is 0 Å². The normalized spacial score (nSPS) is 13.0. The van der Waals surface area contributed by atoms with E-state index in [-0.39, 0.29) is 0 Å². The van der Waals surface area contributed by atoms with Crippen LogP contribution in [-0.4, -0.2) is 6.04 Å². The molecule has 0 aliphatic carbocycles. The summed E-state index contributed by atoms with van der Waals surface area (Å²) in [5, 5.41) is 3.59. The van der Waals surface area contributed by atoms with Crippen molar-refractivity contribution in [1.29, 1.82) is 0 Å². The lowest BCUT2D eigenvalue weighted by Gasteiger charge is -2.14. The maximum atomic E-state index is 3.59. The van der Waals surface area contributed by atoms with E-state index < -0.39 is 0 Å². The van der Waals surface area contributed by atoms with E-state index >= 15 is 0 Å². The Kier molecular flexibility index (Phi) is 7.12. The molecule has 0 aliphatic rings. The first-order valence-electron chi connectivity index (χ1n) is 6.55. The highest BCUT2D eigenvalue weighted by atomic mass is 127. The number of halogens is 1. The van der Waals surface area contributed by atoms with Gasteiger partial charge < -0.3 is 5.32 Å². The fraction of sp³-hybridized carbons (Fsp3) is 0.600. The highest BCUT2D eigenvalue weighted by Crippen LogP contribution is 2.10. The zero-order valence-corrected chi connectivity index (χ0v) is 13.3. The van der Waals surface area contributed by atoms with E-state index in [9.17, 15) is 0 Å². The molecule has 1 nitrogen and oxygen atoms in total. The molecule has 1 rings (SSSR count). The third kappa shape index (κ3) is 7.04. The molecule has 0 heterocycles.